The lowest BCUT2D eigenvalue weighted by molar-refractivity contribution is 0.0355. The number of aromatic nitrogens is 2. The van der Waals surface area contributed by atoms with Crippen molar-refractivity contribution in [2.75, 3.05) is 32.5 Å². The van der Waals surface area contributed by atoms with E-state index in [-0.39, 0.29) is 12.0 Å². The minimum atomic E-state index is -0.276. The van der Waals surface area contributed by atoms with Crippen molar-refractivity contribution >= 4 is 34.3 Å². The molecule has 1 aliphatic rings. The summed E-state index contributed by atoms with van der Waals surface area (Å²) in [4.78, 5) is 27.5. The van der Waals surface area contributed by atoms with E-state index in [4.69, 9.17) is 10.5 Å². The van der Waals surface area contributed by atoms with Crippen LogP contribution in [0.4, 0.5) is 5.82 Å². The van der Waals surface area contributed by atoms with Gasteiger partial charge in [-0.15, -0.1) is 0 Å². The summed E-state index contributed by atoms with van der Waals surface area (Å²) in [6.45, 7) is 1.71. The molecule has 1 aromatic carbocycles. The number of nitrogens with one attached hydrogen (secondary N) is 1. The molecule has 0 atom stereocenters. The summed E-state index contributed by atoms with van der Waals surface area (Å²) in [7, 11) is 3.73. The van der Waals surface area contributed by atoms with Gasteiger partial charge < -0.3 is 15.8 Å². The minimum absolute atomic E-state index is 0.109. The molecule has 0 saturated carbocycles. The molecule has 158 valence electrons. The summed E-state index contributed by atoms with van der Waals surface area (Å²) in [5.41, 5.74) is 7.92. The number of hydrogen-bond donors (Lipinski definition) is 2. The molecule has 8 nitrogen and oxygen atoms in total. The van der Waals surface area contributed by atoms with Crippen molar-refractivity contribution in [3.63, 3.8) is 0 Å². The van der Waals surface area contributed by atoms with E-state index >= 15 is 0 Å². The van der Waals surface area contributed by atoms with Gasteiger partial charge in [0.15, 0.2) is 0 Å². The van der Waals surface area contributed by atoms with Crippen LogP contribution in [-0.4, -0.2) is 60.3 Å². The summed E-state index contributed by atoms with van der Waals surface area (Å²) >= 11 is 0. The summed E-state index contributed by atoms with van der Waals surface area (Å²) in [6.07, 6.45) is 6.63. The summed E-state index contributed by atoms with van der Waals surface area (Å²) in [5, 5.41) is 4.73. The number of aliphatic imine (C=N–C) groups is 1. The van der Waals surface area contributed by atoms with Gasteiger partial charge in [-0.05, 0) is 36.2 Å². The third-order valence-corrected chi connectivity index (χ3v) is 5.06. The Balaban J connectivity index is 1.52. The van der Waals surface area contributed by atoms with Gasteiger partial charge in [0, 0.05) is 67.5 Å². The maximum absolute atomic E-state index is 12.7. The Morgan fingerprint density at radius 1 is 1.19 bits per heavy atom. The average Bonchev–Trinajstić information content (AvgIpc) is 2.76. The number of hydrogen-bond acceptors (Lipinski definition) is 7. The average molecular weight is 416 g/mol. The number of amides is 1. The zero-order chi connectivity index (χ0) is 21.8. The van der Waals surface area contributed by atoms with E-state index in [1.807, 2.05) is 31.3 Å². The molecule has 1 fully saturated rings. The van der Waals surface area contributed by atoms with Gasteiger partial charge in [0.25, 0.3) is 5.91 Å². The van der Waals surface area contributed by atoms with Crippen molar-refractivity contribution in [3.8, 4) is 5.88 Å². The predicted molar refractivity (Wildman–Crippen MR) is 122 cm³/mol. The van der Waals surface area contributed by atoms with Crippen LogP contribution in [0.3, 0.4) is 0 Å². The number of likely N-dealkylation sites (N-methyl/N-ethyl adjacent to an activating group) is 1. The molecule has 1 aliphatic heterocycles. The number of pyridine rings is 2. The van der Waals surface area contributed by atoms with E-state index in [1.54, 1.807) is 37.8 Å². The van der Waals surface area contributed by atoms with Gasteiger partial charge in [-0.3, -0.25) is 14.7 Å². The fraction of sp³-hybridized carbons (Fsp3) is 0.217. The summed E-state index contributed by atoms with van der Waals surface area (Å²) in [6, 6.07) is 11.0. The largest absolute Gasteiger partial charge is 0.472 e. The van der Waals surface area contributed by atoms with Crippen molar-refractivity contribution in [1.29, 1.82) is 0 Å². The number of benzene rings is 1. The number of rotatable bonds is 6. The highest BCUT2D eigenvalue weighted by Crippen LogP contribution is 2.23. The van der Waals surface area contributed by atoms with Gasteiger partial charge in [-0.25, -0.2) is 9.97 Å². The van der Waals surface area contributed by atoms with Crippen molar-refractivity contribution in [2.45, 2.75) is 6.10 Å². The normalized spacial score (nSPS) is 15.2. The lowest BCUT2D eigenvalue weighted by Gasteiger charge is -2.35. The van der Waals surface area contributed by atoms with E-state index in [1.165, 1.54) is 6.20 Å². The lowest BCUT2D eigenvalue weighted by atomic mass is 10.0. The van der Waals surface area contributed by atoms with Crippen LogP contribution in [0.15, 0.2) is 60.0 Å². The zero-order valence-corrected chi connectivity index (χ0v) is 17.4. The second-order valence-corrected chi connectivity index (χ2v) is 7.44. The Hall–Kier alpha value is -3.78. The molecule has 0 bridgehead atoms. The first-order valence-electron chi connectivity index (χ1n) is 9.92. The van der Waals surface area contributed by atoms with Crippen LogP contribution in [0, 0.1) is 0 Å². The molecule has 1 amide bonds. The fourth-order valence-electron chi connectivity index (χ4n) is 3.43. The maximum Gasteiger partial charge on any atom is 0.257 e. The monoisotopic (exact) mass is 416 g/mol. The smallest absolute Gasteiger partial charge is 0.257 e. The van der Waals surface area contributed by atoms with Crippen LogP contribution >= 0.6 is 0 Å². The Morgan fingerprint density at radius 2 is 2.03 bits per heavy atom. The van der Waals surface area contributed by atoms with Crippen LogP contribution < -0.4 is 15.8 Å². The highest BCUT2D eigenvalue weighted by molar-refractivity contribution is 6.10. The number of carbonyl (C=O) groups excluding carboxylic acids is 1. The Morgan fingerprint density at radius 3 is 2.77 bits per heavy atom. The van der Waals surface area contributed by atoms with E-state index in [9.17, 15) is 4.79 Å². The zero-order valence-electron chi connectivity index (χ0n) is 17.4. The van der Waals surface area contributed by atoms with Gasteiger partial charge in [-0.1, -0.05) is 12.1 Å². The molecule has 0 unspecified atom stereocenters. The molecule has 3 aromatic rings. The van der Waals surface area contributed by atoms with Gasteiger partial charge in [-0.2, -0.15) is 0 Å². The Bertz CT molecular complexity index is 1170. The Kier molecular flexibility index (Phi) is 5.90. The van der Waals surface area contributed by atoms with Crippen molar-refractivity contribution in [1.82, 2.24) is 14.9 Å². The SMILES string of the molecule is CN=CC(=CN)c1ccc2cnc(NC(=O)c3ccnc(OC4CN(C)C4)c3)cc2c1. The van der Waals surface area contributed by atoms with Crippen LogP contribution in [0.5, 0.6) is 5.88 Å². The first-order valence-corrected chi connectivity index (χ1v) is 9.92. The highest BCUT2D eigenvalue weighted by atomic mass is 16.5. The van der Waals surface area contributed by atoms with Gasteiger partial charge in [0.1, 0.15) is 11.9 Å². The number of anilines is 1. The van der Waals surface area contributed by atoms with Crippen LogP contribution in [-0.2, 0) is 0 Å². The summed E-state index contributed by atoms with van der Waals surface area (Å²) < 4.78 is 5.81. The number of carbonyl (C=O) groups is 1. The number of nitrogens with two attached hydrogens (primary N) is 1. The summed E-state index contributed by atoms with van der Waals surface area (Å²) in [5.74, 6) is 0.624. The molecule has 0 aliphatic carbocycles. The van der Waals surface area contributed by atoms with Crippen LogP contribution in [0.25, 0.3) is 16.3 Å². The molecule has 3 N–H and O–H groups in total. The lowest BCUT2D eigenvalue weighted by Crippen LogP contribution is -2.51. The molecule has 8 heteroatoms. The molecule has 1 saturated heterocycles. The Labute approximate surface area is 180 Å². The minimum Gasteiger partial charge on any atom is -0.472 e. The van der Waals surface area contributed by atoms with Crippen molar-refractivity contribution in [2.24, 2.45) is 10.7 Å². The van der Waals surface area contributed by atoms with E-state index < -0.39 is 0 Å². The molecule has 2 aromatic heterocycles. The standard InChI is InChI=1S/C23H24N6O2/c1-25-11-19(10-24)15-3-4-17-12-27-21(8-18(17)7-15)28-23(30)16-5-6-26-22(9-16)31-20-13-29(2)14-20/h3-12,20H,13-14,24H2,1-2H3,(H,27,28,30). The number of ether oxygens (including phenoxy) is 1. The second kappa shape index (κ2) is 8.93. The van der Waals surface area contributed by atoms with Gasteiger partial charge in [0.2, 0.25) is 5.88 Å². The molecule has 31 heavy (non-hydrogen) atoms. The van der Waals surface area contributed by atoms with Gasteiger partial charge >= 0.3 is 0 Å². The third-order valence-electron chi connectivity index (χ3n) is 5.06. The first-order chi connectivity index (χ1) is 15.1. The van der Waals surface area contributed by atoms with Gasteiger partial charge in [0.05, 0.1) is 0 Å². The maximum atomic E-state index is 12.7. The third kappa shape index (κ3) is 4.70. The topological polar surface area (TPSA) is 106 Å². The van der Waals surface area contributed by atoms with E-state index in [0.717, 1.165) is 35.0 Å². The molecule has 4 rings (SSSR count). The number of allylic oxidation sites excluding steroid dienone is 1. The number of fused-ring (bicyclic) bond motifs is 1. The second-order valence-electron chi connectivity index (χ2n) is 7.44. The molecule has 0 radical (unpaired) electrons. The van der Waals surface area contributed by atoms with Crippen LogP contribution in [0.1, 0.15) is 15.9 Å². The first kappa shape index (κ1) is 20.5. The van der Waals surface area contributed by atoms with E-state index in [0.29, 0.717) is 17.3 Å². The quantitative estimate of drug-likeness (QED) is 0.599. The fourth-order valence-corrected chi connectivity index (χ4v) is 3.43. The van der Waals surface area contributed by atoms with Crippen LogP contribution in [0.2, 0.25) is 0 Å². The molecule has 3 heterocycles. The molecular formula is C23H24N6O2. The highest BCUT2D eigenvalue weighted by Gasteiger charge is 2.25. The predicted octanol–water partition coefficient (Wildman–Crippen LogP) is 2.58. The number of likely N-dealkylation sites (tertiary alicyclic amines) is 1. The molecular weight excluding hydrogens is 392 g/mol. The number of nitrogens with zero attached hydrogens (tertiary/aromatic N) is 4. The van der Waals surface area contributed by atoms with E-state index in [2.05, 4.69) is 25.2 Å². The van der Waals surface area contributed by atoms with Crippen molar-refractivity contribution in [3.05, 3.63) is 66.1 Å². The molecule has 0 spiro atoms. The van der Waals surface area contributed by atoms with Crippen molar-refractivity contribution < 1.29 is 9.53 Å².